The first-order chi connectivity index (χ1) is 10.9. The van der Waals surface area contributed by atoms with Crippen LogP contribution < -0.4 is 5.32 Å². The number of hydrogen-bond donors (Lipinski definition) is 1. The highest BCUT2D eigenvalue weighted by Crippen LogP contribution is 2.16. The molecule has 0 spiro atoms. The van der Waals surface area contributed by atoms with Crippen molar-refractivity contribution >= 4 is 11.9 Å². The van der Waals surface area contributed by atoms with Crippen LogP contribution in [0.5, 0.6) is 0 Å². The van der Waals surface area contributed by atoms with Gasteiger partial charge in [-0.3, -0.25) is 4.79 Å². The summed E-state index contributed by atoms with van der Waals surface area (Å²) in [5.41, 5.74) is 3.72. The van der Waals surface area contributed by atoms with Gasteiger partial charge in [-0.15, -0.1) is 0 Å². The zero-order valence-electron chi connectivity index (χ0n) is 13.8. The molecule has 0 saturated heterocycles. The van der Waals surface area contributed by atoms with E-state index in [0.29, 0.717) is 11.3 Å². The molecule has 0 saturated carbocycles. The molecular formula is C18H21NO4. The van der Waals surface area contributed by atoms with Gasteiger partial charge in [0, 0.05) is 0 Å². The van der Waals surface area contributed by atoms with Crippen molar-refractivity contribution in [2.75, 3.05) is 6.61 Å². The minimum Gasteiger partial charge on any atom is -0.469 e. The minimum atomic E-state index is -0.565. The Hall–Kier alpha value is -2.56. The van der Waals surface area contributed by atoms with Crippen LogP contribution in [0.2, 0.25) is 0 Å². The molecule has 0 aliphatic rings. The Morgan fingerprint density at radius 1 is 1.17 bits per heavy atom. The Labute approximate surface area is 135 Å². The zero-order chi connectivity index (χ0) is 17.0. The fraction of sp³-hybridized carbons (Fsp3) is 0.333. The number of hydrogen-bond acceptors (Lipinski definition) is 4. The highest BCUT2D eigenvalue weighted by molar-refractivity contribution is 5.92. The summed E-state index contributed by atoms with van der Waals surface area (Å²) < 4.78 is 10.0. The van der Waals surface area contributed by atoms with Crippen molar-refractivity contribution in [1.82, 2.24) is 5.32 Å². The maximum Gasteiger partial charge on any atom is 0.342 e. The van der Waals surface area contributed by atoms with Gasteiger partial charge in [-0.25, -0.2) is 4.79 Å². The summed E-state index contributed by atoms with van der Waals surface area (Å²) in [6, 6.07) is 7.41. The van der Waals surface area contributed by atoms with Crippen molar-refractivity contribution in [3.63, 3.8) is 0 Å². The van der Waals surface area contributed by atoms with Gasteiger partial charge >= 0.3 is 5.97 Å². The molecule has 2 aromatic rings. The molecule has 0 unspecified atom stereocenters. The molecule has 0 aliphatic heterocycles. The van der Waals surface area contributed by atoms with E-state index in [1.165, 1.54) is 23.5 Å². The molecule has 1 aromatic carbocycles. The molecular weight excluding hydrogens is 294 g/mol. The fourth-order valence-corrected chi connectivity index (χ4v) is 2.21. The molecule has 1 atom stereocenters. The number of carbonyl (C=O) groups excluding carboxylic acids is 2. The SMILES string of the molecule is Cc1ccc([C@@H](C)NC(=O)COC(=O)c2ccoc2C)cc1C. The van der Waals surface area contributed by atoms with E-state index in [2.05, 4.69) is 5.32 Å². The number of carbonyl (C=O) groups is 2. The Morgan fingerprint density at radius 3 is 2.52 bits per heavy atom. The van der Waals surface area contributed by atoms with Crippen LogP contribution in [0.25, 0.3) is 0 Å². The van der Waals surface area contributed by atoms with E-state index in [1.54, 1.807) is 6.92 Å². The van der Waals surface area contributed by atoms with Crippen LogP contribution in [-0.2, 0) is 9.53 Å². The van der Waals surface area contributed by atoms with E-state index in [0.717, 1.165) is 5.56 Å². The maximum absolute atomic E-state index is 11.9. The molecule has 0 radical (unpaired) electrons. The van der Waals surface area contributed by atoms with Crippen LogP contribution in [0.15, 0.2) is 34.9 Å². The van der Waals surface area contributed by atoms with Crippen LogP contribution in [0.4, 0.5) is 0 Å². The highest BCUT2D eigenvalue weighted by atomic mass is 16.5. The summed E-state index contributed by atoms with van der Waals surface area (Å²) in [4.78, 5) is 23.7. The largest absolute Gasteiger partial charge is 0.469 e. The van der Waals surface area contributed by atoms with Gasteiger partial charge in [0.25, 0.3) is 5.91 Å². The highest BCUT2D eigenvalue weighted by Gasteiger charge is 2.16. The van der Waals surface area contributed by atoms with Gasteiger partial charge in [0.1, 0.15) is 11.3 Å². The normalized spacial score (nSPS) is 11.8. The van der Waals surface area contributed by atoms with Crippen molar-refractivity contribution in [3.8, 4) is 0 Å². The molecule has 122 valence electrons. The molecule has 23 heavy (non-hydrogen) atoms. The molecule has 2 rings (SSSR count). The molecule has 1 aromatic heterocycles. The zero-order valence-corrected chi connectivity index (χ0v) is 13.8. The number of benzene rings is 1. The molecule has 0 fully saturated rings. The quantitative estimate of drug-likeness (QED) is 0.860. The van der Waals surface area contributed by atoms with Gasteiger partial charge in [-0.05, 0) is 50.5 Å². The predicted molar refractivity (Wildman–Crippen MR) is 86.2 cm³/mol. The third kappa shape index (κ3) is 4.22. The fourth-order valence-electron chi connectivity index (χ4n) is 2.21. The Balaban J connectivity index is 1.88. The number of esters is 1. The van der Waals surface area contributed by atoms with Crippen molar-refractivity contribution < 1.29 is 18.7 Å². The number of nitrogens with one attached hydrogen (secondary N) is 1. The summed E-state index contributed by atoms with van der Waals surface area (Å²) in [6.45, 7) is 7.31. The molecule has 0 aliphatic carbocycles. The average Bonchev–Trinajstić information content (AvgIpc) is 2.93. The van der Waals surface area contributed by atoms with Crippen molar-refractivity contribution in [2.24, 2.45) is 0 Å². The standard InChI is InChI=1S/C18H21NO4/c1-11-5-6-15(9-12(11)2)13(3)19-17(20)10-23-18(21)16-7-8-22-14(16)4/h5-9,13H,10H2,1-4H3,(H,19,20)/t13-/m1/s1. The monoisotopic (exact) mass is 315 g/mol. The van der Waals surface area contributed by atoms with Crippen LogP contribution in [0, 0.1) is 20.8 Å². The molecule has 5 heteroatoms. The van der Waals surface area contributed by atoms with Crippen LogP contribution in [-0.4, -0.2) is 18.5 Å². The first-order valence-electron chi connectivity index (χ1n) is 7.46. The minimum absolute atomic E-state index is 0.156. The molecule has 5 nitrogen and oxygen atoms in total. The summed E-state index contributed by atoms with van der Waals surface area (Å²) in [6.07, 6.45) is 1.41. The molecule has 0 bridgehead atoms. The van der Waals surface area contributed by atoms with Gasteiger partial charge in [0.05, 0.1) is 12.3 Å². The van der Waals surface area contributed by atoms with Gasteiger partial charge in [-0.1, -0.05) is 18.2 Å². The second kappa shape index (κ2) is 7.13. The van der Waals surface area contributed by atoms with Crippen LogP contribution >= 0.6 is 0 Å². The number of rotatable bonds is 5. The molecule has 1 N–H and O–H groups in total. The lowest BCUT2D eigenvalue weighted by atomic mass is 10.0. The lowest BCUT2D eigenvalue weighted by Crippen LogP contribution is -2.31. The third-order valence-electron chi connectivity index (χ3n) is 3.82. The topological polar surface area (TPSA) is 68.5 Å². The predicted octanol–water partition coefficient (Wildman–Crippen LogP) is 3.24. The van der Waals surface area contributed by atoms with Crippen molar-refractivity contribution in [1.29, 1.82) is 0 Å². The summed E-state index contributed by atoms with van der Waals surface area (Å²) >= 11 is 0. The van der Waals surface area contributed by atoms with Gasteiger partial charge in [-0.2, -0.15) is 0 Å². The average molecular weight is 315 g/mol. The summed E-state index contributed by atoms with van der Waals surface area (Å²) in [5.74, 6) is -0.436. The van der Waals surface area contributed by atoms with Crippen LogP contribution in [0.1, 0.15) is 45.8 Å². The number of aryl methyl sites for hydroxylation is 3. The first-order valence-corrected chi connectivity index (χ1v) is 7.46. The Morgan fingerprint density at radius 2 is 1.91 bits per heavy atom. The third-order valence-corrected chi connectivity index (χ3v) is 3.82. The van der Waals surface area contributed by atoms with E-state index in [4.69, 9.17) is 9.15 Å². The lowest BCUT2D eigenvalue weighted by Gasteiger charge is -2.15. The van der Waals surface area contributed by atoms with Gasteiger partial charge < -0.3 is 14.5 Å². The van der Waals surface area contributed by atoms with Gasteiger partial charge in [0.15, 0.2) is 6.61 Å². The van der Waals surface area contributed by atoms with E-state index >= 15 is 0 Å². The van der Waals surface area contributed by atoms with E-state index in [9.17, 15) is 9.59 Å². The molecule has 1 amide bonds. The summed E-state index contributed by atoms with van der Waals surface area (Å²) in [7, 11) is 0. The Bertz CT molecular complexity index is 718. The number of ether oxygens (including phenoxy) is 1. The van der Waals surface area contributed by atoms with Crippen molar-refractivity contribution in [2.45, 2.75) is 33.7 Å². The maximum atomic E-state index is 11.9. The number of amides is 1. The van der Waals surface area contributed by atoms with E-state index < -0.39 is 5.97 Å². The van der Waals surface area contributed by atoms with E-state index in [1.807, 2.05) is 39.0 Å². The lowest BCUT2D eigenvalue weighted by molar-refractivity contribution is -0.124. The smallest absolute Gasteiger partial charge is 0.342 e. The second-order valence-corrected chi connectivity index (χ2v) is 5.60. The second-order valence-electron chi connectivity index (χ2n) is 5.60. The Kier molecular flexibility index (Phi) is 5.21. The van der Waals surface area contributed by atoms with Gasteiger partial charge in [0.2, 0.25) is 0 Å². The number of furan rings is 1. The van der Waals surface area contributed by atoms with Crippen molar-refractivity contribution in [3.05, 3.63) is 58.5 Å². The summed E-state index contributed by atoms with van der Waals surface area (Å²) in [5, 5.41) is 2.82. The van der Waals surface area contributed by atoms with Crippen LogP contribution in [0.3, 0.4) is 0 Å². The molecule has 1 heterocycles. The first kappa shape index (κ1) is 16.8. The van der Waals surface area contributed by atoms with E-state index in [-0.39, 0.29) is 18.6 Å².